The van der Waals surface area contributed by atoms with Crippen molar-refractivity contribution >= 4 is 33.4 Å². The molecule has 0 radical (unpaired) electrons. The van der Waals surface area contributed by atoms with Crippen molar-refractivity contribution in [3.05, 3.63) is 23.9 Å². The third-order valence-electron chi connectivity index (χ3n) is 4.72. The van der Waals surface area contributed by atoms with Crippen molar-refractivity contribution in [2.24, 2.45) is 5.92 Å². The number of nitrogens with one attached hydrogen (secondary N) is 2. The highest BCUT2D eigenvalue weighted by molar-refractivity contribution is 7.83. The predicted molar refractivity (Wildman–Crippen MR) is 114 cm³/mol. The standard InChI is InChI=1S/C20H27N3O3S2/c1-12(2)23-28(25)17-11-15(9-10-16(17)26-4)18-13(3)21-20(27-18)22-19(24)14-7-5-6-8-14/h9-12,14,23H,5-8H2,1-4H3,(H,21,22,24). The van der Waals surface area contributed by atoms with Crippen LogP contribution in [0.25, 0.3) is 10.4 Å². The van der Waals surface area contributed by atoms with E-state index in [1.54, 1.807) is 7.11 Å². The Balaban J connectivity index is 1.85. The number of aryl methyl sites for hydroxylation is 1. The molecule has 0 spiro atoms. The lowest BCUT2D eigenvalue weighted by molar-refractivity contribution is -0.119. The maximum absolute atomic E-state index is 12.7. The molecule has 152 valence electrons. The number of anilines is 1. The van der Waals surface area contributed by atoms with Crippen LogP contribution in [0.1, 0.15) is 45.2 Å². The van der Waals surface area contributed by atoms with E-state index in [1.807, 2.05) is 39.0 Å². The monoisotopic (exact) mass is 421 g/mol. The molecule has 1 heterocycles. The Kier molecular flexibility index (Phi) is 6.85. The quantitative estimate of drug-likeness (QED) is 0.699. The van der Waals surface area contributed by atoms with Crippen molar-refractivity contribution in [3.63, 3.8) is 0 Å². The molecule has 0 aliphatic heterocycles. The number of hydrogen-bond acceptors (Lipinski definition) is 5. The van der Waals surface area contributed by atoms with Crippen molar-refractivity contribution in [1.82, 2.24) is 9.71 Å². The van der Waals surface area contributed by atoms with E-state index < -0.39 is 11.0 Å². The van der Waals surface area contributed by atoms with Gasteiger partial charge < -0.3 is 10.1 Å². The Labute approximate surface area is 172 Å². The van der Waals surface area contributed by atoms with Gasteiger partial charge in [-0.25, -0.2) is 13.9 Å². The Morgan fingerprint density at radius 3 is 2.68 bits per heavy atom. The van der Waals surface area contributed by atoms with Gasteiger partial charge in [0, 0.05) is 12.0 Å². The fraction of sp³-hybridized carbons (Fsp3) is 0.500. The Bertz CT molecular complexity index is 874. The molecule has 1 fully saturated rings. The normalized spacial score (nSPS) is 15.8. The molecular formula is C20H27N3O3S2. The third kappa shape index (κ3) is 4.79. The van der Waals surface area contributed by atoms with Crippen LogP contribution in [0.15, 0.2) is 23.1 Å². The van der Waals surface area contributed by atoms with Gasteiger partial charge in [0.15, 0.2) is 5.13 Å². The topological polar surface area (TPSA) is 80.3 Å². The molecule has 2 N–H and O–H groups in total. The lowest BCUT2D eigenvalue weighted by Gasteiger charge is -2.12. The van der Waals surface area contributed by atoms with Gasteiger partial charge in [-0.3, -0.25) is 4.79 Å². The van der Waals surface area contributed by atoms with Crippen molar-refractivity contribution < 1.29 is 13.7 Å². The van der Waals surface area contributed by atoms with Crippen LogP contribution in [0.4, 0.5) is 5.13 Å². The summed E-state index contributed by atoms with van der Waals surface area (Å²) in [7, 11) is 0.189. The van der Waals surface area contributed by atoms with E-state index >= 15 is 0 Å². The van der Waals surface area contributed by atoms with Gasteiger partial charge in [0.05, 0.1) is 22.6 Å². The van der Waals surface area contributed by atoms with E-state index in [0.717, 1.165) is 41.8 Å². The smallest absolute Gasteiger partial charge is 0.229 e. The van der Waals surface area contributed by atoms with Gasteiger partial charge in [-0.15, -0.1) is 0 Å². The summed E-state index contributed by atoms with van der Waals surface area (Å²) in [4.78, 5) is 18.5. The van der Waals surface area contributed by atoms with E-state index in [-0.39, 0.29) is 17.9 Å². The Hall–Kier alpha value is -1.77. The van der Waals surface area contributed by atoms with Crippen LogP contribution in [0.5, 0.6) is 5.75 Å². The molecule has 2 aromatic rings. The van der Waals surface area contributed by atoms with Gasteiger partial charge in [0.2, 0.25) is 5.91 Å². The van der Waals surface area contributed by atoms with Crippen LogP contribution in [0.3, 0.4) is 0 Å². The highest BCUT2D eigenvalue weighted by Crippen LogP contribution is 2.36. The number of rotatable bonds is 7. The van der Waals surface area contributed by atoms with E-state index in [0.29, 0.717) is 15.8 Å². The summed E-state index contributed by atoms with van der Waals surface area (Å²) in [5, 5.41) is 3.59. The third-order valence-corrected chi connectivity index (χ3v) is 7.25. The molecule has 1 aliphatic carbocycles. The highest BCUT2D eigenvalue weighted by atomic mass is 32.2. The van der Waals surface area contributed by atoms with Crippen LogP contribution < -0.4 is 14.8 Å². The predicted octanol–water partition coefficient (Wildman–Crippen LogP) is 4.28. The number of nitrogens with zero attached hydrogens (tertiary/aromatic N) is 1. The number of carbonyl (C=O) groups is 1. The maximum Gasteiger partial charge on any atom is 0.229 e. The molecule has 28 heavy (non-hydrogen) atoms. The van der Waals surface area contributed by atoms with Crippen molar-refractivity contribution in [1.29, 1.82) is 0 Å². The van der Waals surface area contributed by atoms with Gasteiger partial charge >= 0.3 is 0 Å². The molecule has 1 amide bonds. The molecule has 1 atom stereocenters. The van der Waals surface area contributed by atoms with E-state index in [9.17, 15) is 9.00 Å². The second-order valence-corrected chi connectivity index (χ2v) is 9.52. The first-order valence-corrected chi connectivity index (χ1v) is 11.5. The number of thiazole rings is 1. The summed E-state index contributed by atoms with van der Waals surface area (Å²) in [5.41, 5.74) is 1.75. The van der Waals surface area contributed by atoms with Crippen molar-refractivity contribution in [2.45, 2.75) is 57.4 Å². The first-order chi connectivity index (χ1) is 13.4. The minimum atomic E-state index is -1.38. The molecule has 1 saturated carbocycles. The molecule has 6 nitrogen and oxygen atoms in total. The van der Waals surface area contributed by atoms with E-state index in [1.165, 1.54) is 11.3 Å². The number of amides is 1. The van der Waals surface area contributed by atoms with Gasteiger partial charge in [0.1, 0.15) is 16.7 Å². The van der Waals surface area contributed by atoms with Crippen molar-refractivity contribution in [2.75, 3.05) is 12.4 Å². The van der Waals surface area contributed by atoms with Gasteiger partial charge in [0.25, 0.3) is 0 Å². The van der Waals surface area contributed by atoms with E-state index in [4.69, 9.17) is 4.74 Å². The minimum Gasteiger partial charge on any atom is -0.495 e. The zero-order valence-corrected chi connectivity index (χ0v) is 18.3. The minimum absolute atomic E-state index is 0.0652. The zero-order valence-electron chi connectivity index (χ0n) is 16.7. The number of benzene rings is 1. The molecule has 8 heteroatoms. The number of ether oxygens (including phenoxy) is 1. The number of methoxy groups -OCH3 is 1. The van der Waals surface area contributed by atoms with Gasteiger partial charge in [-0.2, -0.15) is 0 Å². The molecule has 3 rings (SSSR count). The lowest BCUT2D eigenvalue weighted by atomic mass is 10.1. The fourth-order valence-electron chi connectivity index (χ4n) is 3.35. The summed E-state index contributed by atoms with van der Waals surface area (Å²) in [6.07, 6.45) is 4.16. The molecular weight excluding hydrogens is 394 g/mol. The molecule has 1 aromatic heterocycles. The van der Waals surface area contributed by atoms with Crippen LogP contribution in [0, 0.1) is 12.8 Å². The Morgan fingerprint density at radius 1 is 1.32 bits per heavy atom. The fourth-order valence-corrected chi connectivity index (χ4v) is 5.44. The van der Waals surface area contributed by atoms with Gasteiger partial charge in [-0.1, -0.05) is 24.2 Å². The van der Waals surface area contributed by atoms with E-state index in [2.05, 4.69) is 15.0 Å². The summed E-state index contributed by atoms with van der Waals surface area (Å²) in [6, 6.07) is 5.70. The summed E-state index contributed by atoms with van der Waals surface area (Å²) >= 11 is 1.44. The largest absolute Gasteiger partial charge is 0.495 e. The summed E-state index contributed by atoms with van der Waals surface area (Å²) in [6.45, 7) is 5.81. The average Bonchev–Trinajstić information content (AvgIpc) is 3.30. The molecule has 0 saturated heterocycles. The number of carbonyl (C=O) groups excluding carboxylic acids is 1. The molecule has 1 aliphatic rings. The second-order valence-electron chi connectivity index (χ2n) is 7.31. The molecule has 1 unspecified atom stereocenters. The van der Waals surface area contributed by atoms with Crippen LogP contribution >= 0.6 is 11.3 Å². The average molecular weight is 422 g/mol. The van der Waals surface area contributed by atoms with Gasteiger partial charge in [-0.05, 0) is 57.4 Å². The van der Waals surface area contributed by atoms with Crippen molar-refractivity contribution in [3.8, 4) is 16.2 Å². The summed E-state index contributed by atoms with van der Waals surface area (Å²) in [5.74, 6) is 0.743. The number of aromatic nitrogens is 1. The SMILES string of the molecule is COc1ccc(-c2sc(NC(=O)C3CCCC3)nc2C)cc1S(=O)NC(C)C. The zero-order chi connectivity index (χ0) is 20.3. The van der Waals surface area contributed by atoms with Crippen LogP contribution in [0.2, 0.25) is 0 Å². The highest BCUT2D eigenvalue weighted by Gasteiger charge is 2.24. The molecule has 1 aromatic carbocycles. The van der Waals surface area contributed by atoms with Crippen LogP contribution in [-0.2, 0) is 15.8 Å². The lowest BCUT2D eigenvalue weighted by Crippen LogP contribution is -2.25. The first kappa shape index (κ1) is 21.0. The first-order valence-electron chi connectivity index (χ1n) is 9.53. The maximum atomic E-state index is 12.7. The van der Waals surface area contributed by atoms with Crippen LogP contribution in [-0.4, -0.2) is 28.3 Å². The summed E-state index contributed by atoms with van der Waals surface area (Å²) < 4.78 is 21.0. The second kappa shape index (κ2) is 9.15. The Morgan fingerprint density at radius 2 is 2.04 bits per heavy atom. The number of hydrogen-bond donors (Lipinski definition) is 2. The molecule has 0 bridgehead atoms.